The number of ether oxygens (including phenoxy) is 1. The summed E-state index contributed by atoms with van der Waals surface area (Å²) in [7, 11) is 0. The van der Waals surface area contributed by atoms with Gasteiger partial charge in [-0.1, -0.05) is 29.4 Å². The van der Waals surface area contributed by atoms with Crippen LogP contribution in [0.4, 0.5) is 5.00 Å². The van der Waals surface area contributed by atoms with Gasteiger partial charge in [0.15, 0.2) is 6.61 Å². The van der Waals surface area contributed by atoms with Gasteiger partial charge in [0, 0.05) is 16.4 Å². The van der Waals surface area contributed by atoms with Gasteiger partial charge < -0.3 is 14.6 Å². The molecule has 7 nitrogen and oxygen atoms in total. The Hall–Kier alpha value is -3.00. The van der Waals surface area contributed by atoms with E-state index in [0.29, 0.717) is 16.4 Å². The molecule has 2 heterocycles. The van der Waals surface area contributed by atoms with E-state index in [4.69, 9.17) is 9.26 Å². The molecule has 29 heavy (non-hydrogen) atoms. The van der Waals surface area contributed by atoms with Gasteiger partial charge in [0.05, 0.1) is 5.56 Å². The minimum Gasteiger partial charge on any atom is -0.452 e. The number of nitrogens with zero attached hydrogens (tertiary/aromatic N) is 2. The highest BCUT2D eigenvalue weighted by Gasteiger charge is 2.31. The Labute approximate surface area is 172 Å². The van der Waals surface area contributed by atoms with Crippen molar-refractivity contribution in [3.05, 3.63) is 51.7 Å². The third-order valence-corrected chi connectivity index (χ3v) is 6.08. The van der Waals surface area contributed by atoms with E-state index in [1.807, 2.05) is 45.0 Å². The summed E-state index contributed by atoms with van der Waals surface area (Å²) in [5, 5.41) is 7.38. The van der Waals surface area contributed by atoms with Crippen molar-refractivity contribution in [3.8, 4) is 11.4 Å². The summed E-state index contributed by atoms with van der Waals surface area (Å²) in [6, 6.07) is 7.71. The van der Waals surface area contributed by atoms with Crippen molar-refractivity contribution in [2.75, 3.05) is 5.32 Å². The van der Waals surface area contributed by atoms with E-state index in [2.05, 4.69) is 15.5 Å². The molecule has 0 bridgehead atoms. The summed E-state index contributed by atoms with van der Waals surface area (Å²) in [6.07, 6.45) is 1.80. The highest BCUT2D eigenvalue weighted by molar-refractivity contribution is 7.16. The van der Waals surface area contributed by atoms with Gasteiger partial charge in [0.25, 0.3) is 5.89 Å². The normalized spacial score (nSPS) is 13.3. The van der Waals surface area contributed by atoms with Gasteiger partial charge in [-0.05, 0) is 44.7 Å². The molecule has 1 saturated carbocycles. The molecule has 0 radical (unpaired) electrons. The van der Waals surface area contributed by atoms with Crippen molar-refractivity contribution in [1.82, 2.24) is 10.1 Å². The third-order valence-electron chi connectivity index (χ3n) is 4.96. The number of rotatable bonds is 6. The summed E-state index contributed by atoms with van der Waals surface area (Å²) in [5.41, 5.74) is 3.08. The molecule has 0 atom stereocenters. The first-order valence-corrected chi connectivity index (χ1v) is 10.2. The fourth-order valence-corrected chi connectivity index (χ4v) is 4.02. The molecule has 0 unspecified atom stereocenters. The quantitative estimate of drug-likeness (QED) is 0.603. The van der Waals surface area contributed by atoms with Crippen LogP contribution in [0.3, 0.4) is 0 Å². The highest BCUT2D eigenvalue weighted by Crippen LogP contribution is 2.36. The van der Waals surface area contributed by atoms with Crippen LogP contribution in [0.15, 0.2) is 28.8 Å². The average Bonchev–Trinajstić information content (AvgIpc) is 3.38. The second-order valence-electron chi connectivity index (χ2n) is 7.15. The number of amides is 1. The van der Waals surface area contributed by atoms with Gasteiger partial charge in [0.2, 0.25) is 11.7 Å². The maximum atomic E-state index is 12.7. The fraction of sp³-hybridized carbons (Fsp3) is 0.333. The number of nitrogens with one attached hydrogen (secondary N) is 1. The van der Waals surface area contributed by atoms with E-state index in [0.717, 1.165) is 34.4 Å². The summed E-state index contributed by atoms with van der Waals surface area (Å²) < 4.78 is 10.6. The van der Waals surface area contributed by atoms with Crippen LogP contribution in [-0.4, -0.2) is 22.0 Å². The topological polar surface area (TPSA) is 94.3 Å². The fourth-order valence-electron chi connectivity index (χ4n) is 2.97. The van der Waals surface area contributed by atoms with E-state index in [1.54, 1.807) is 0 Å². The molecule has 2 aromatic heterocycles. The number of hydrogen-bond donors (Lipinski definition) is 1. The highest BCUT2D eigenvalue weighted by atomic mass is 32.1. The molecule has 1 amide bonds. The van der Waals surface area contributed by atoms with Gasteiger partial charge in [-0.2, -0.15) is 4.98 Å². The molecule has 150 valence electrons. The van der Waals surface area contributed by atoms with E-state index >= 15 is 0 Å². The zero-order valence-electron chi connectivity index (χ0n) is 16.4. The molecule has 3 aromatic rings. The predicted molar refractivity (Wildman–Crippen MR) is 109 cm³/mol. The lowest BCUT2D eigenvalue weighted by atomic mass is 10.1. The van der Waals surface area contributed by atoms with Crippen molar-refractivity contribution < 1.29 is 18.8 Å². The lowest BCUT2D eigenvalue weighted by Gasteiger charge is -2.06. The Morgan fingerprint density at radius 1 is 1.24 bits per heavy atom. The molecule has 1 aliphatic rings. The number of esters is 1. The first-order valence-electron chi connectivity index (χ1n) is 9.40. The molecule has 4 rings (SSSR count). The zero-order chi connectivity index (χ0) is 20.5. The van der Waals surface area contributed by atoms with Crippen LogP contribution in [0, 0.1) is 26.7 Å². The first kappa shape index (κ1) is 19.3. The van der Waals surface area contributed by atoms with Gasteiger partial charge in [-0.25, -0.2) is 4.79 Å². The predicted octanol–water partition coefficient (Wildman–Crippen LogP) is 4.43. The van der Waals surface area contributed by atoms with Gasteiger partial charge >= 0.3 is 5.97 Å². The third kappa shape index (κ3) is 4.07. The molecule has 1 aromatic carbocycles. The second kappa shape index (κ2) is 7.79. The number of benzene rings is 1. The SMILES string of the molecule is Cc1ccccc1-c1noc(COC(=O)c2c(NC(=O)C3CC3)sc(C)c2C)n1. The van der Waals surface area contributed by atoms with E-state index in [9.17, 15) is 9.59 Å². The van der Waals surface area contributed by atoms with Crippen LogP contribution >= 0.6 is 11.3 Å². The van der Waals surface area contributed by atoms with Crippen molar-refractivity contribution in [2.24, 2.45) is 5.92 Å². The Balaban J connectivity index is 1.46. The number of hydrogen-bond acceptors (Lipinski definition) is 7. The van der Waals surface area contributed by atoms with E-state index < -0.39 is 5.97 Å². The average molecular weight is 411 g/mol. The first-order chi connectivity index (χ1) is 13.9. The smallest absolute Gasteiger partial charge is 0.341 e. The van der Waals surface area contributed by atoms with Crippen LogP contribution in [0.5, 0.6) is 0 Å². The van der Waals surface area contributed by atoms with Gasteiger partial charge in [-0.3, -0.25) is 4.79 Å². The standard InChI is InChI=1S/C21H21N3O4S/c1-11-6-4-5-7-15(11)18-22-16(28-24-18)10-27-21(26)17-12(2)13(3)29-20(17)23-19(25)14-8-9-14/h4-7,14H,8-10H2,1-3H3,(H,23,25). The maximum Gasteiger partial charge on any atom is 0.341 e. The molecular formula is C21H21N3O4S. The molecule has 0 spiro atoms. The minimum atomic E-state index is -0.520. The number of aryl methyl sites for hydroxylation is 2. The monoisotopic (exact) mass is 411 g/mol. The minimum absolute atomic E-state index is 0.0416. The summed E-state index contributed by atoms with van der Waals surface area (Å²) in [5.74, 6) is 0.160. The number of carbonyl (C=O) groups excluding carboxylic acids is 2. The molecule has 1 aliphatic carbocycles. The largest absolute Gasteiger partial charge is 0.452 e. The molecule has 1 fully saturated rings. The number of thiophene rings is 1. The van der Waals surface area contributed by atoms with Gasteiger partial charge in [-0.15, -0.1) is 11.3 Å². The molecule has 8 heteroatoms. The number of aromatic nitrogens is 2. The Morgan fingerprint density at radius 3 is 2.72 bits per heavy atom. The zero-order valence-corrected chi connectivity index (χ0v) is 17.3. The van der Waals surface area contributed by atoms with Crippen molar-refractivity contribution >= 4 is 28.2 Å². The summed E-state index contributed by atoms with van der Waals surface area (Å²) >= 11 is 1.38. The molecule has 0 aliphatic heterocycles. The molecule has 0 saturated heterocycles. The van der Waals surface area contributed by atoms with Crippen LogP contribution in [0.25, 0.3) is 11.4 Å². The van der Waals surface area contributed by atoms with Crippen molar-refractivity contribution in [1.29, 1.82) is 0 Å². The van der Waals surface area contributed by atoms with Crippen molar-refractivity contribution in [3.63, 3.8) is 0 Å². The van der Waals surface area contributed by atoms with Gasteiger partial charge in [0.1, 0.15) is 5.00 Å². The second-order valence-corrected chi connectivity index (χ2v) is 8.38. The van der Waals surface area contributed by atoms with Crippen LogP contribution < -0.4 is 5.32 Å². The Bertz CT molecular complexity index is 1080. The van der Waals surface area contributed by atoms with Crippen LogP contribution in [0.1, 0.15) is 45.1 Å². The maximum absolute atomic E-state index is 12.7. The van der Waals surface area contributed by atoms with Crippen LogP contribution in [-0.2, 0) is 16.1 Å². The Morgan fingerprint density at radius 2 is 2.00 bits per heavy atom. The molecular weight excluding hydrogens is 390 g/mol. The van der Waals surface area contributed by atoms with E-state index in [-0.39, 0.29) is 24.3 Å². The van der Waals surface area contributed by atoms with Crippen LogP contribution in [0.2, 0.25) is 0 Å². The summed E-state index contributed by atoms with van der Waals surface area (Å²) in [6.45, 7) is 5.58. The number of carbonyl (C=O) groups is 2. The lowest BCUT2D eigenvalue weighted by Crippen LogP contribution is -2.16. The summed E-state index contributed by atoms with van der Waals surface area (Å²) in [4.78, 5) is 30.1. The number of anilines is 1. The van der Waals surface area contributed by atoms with E-state index in [1.165, 1.54) is 11.3 Å². The Kier molecular flexibility index (Phi) is 5.19. The molecule has 1 N–H and O–H groups in total. The van der Waals surface area contributed by atoms with Crippen molar-refractivity contribution in [2.45, 2.75) is 40.2 Å². The lowest BCUT2D eigenvalue weighted by molar-refractivity contribution is -0.117.